The summed E-state index contributed by atoms with van der Waals surface area (Å²) in [5.41, 5.74) is 2.40. The Labute approximate surface area is 168 Å². The first-order chi connectivity index (χ1) is 14.2. The number of hydrogen-bond acceptors (Lipinski definition) is 6. The molecule has 1 amide bonds. The lowest BCUT2D eigenvalue weighted by Gasteiger charge is -2.35. The van der Waals surface area contributed by atoms with E-state index >= 15 is 0 Å². The fourth-order valence-electron chi connectivity index (χ4n) is 4.06. The third-order valence-electron chi connectivity index (χ3n) is 5.80. The molecule has 150 valence electrons. The summed E-state index contributed by atoms with van der Waals surface area (Å²) in [6.07, 6.45) is 10.4. The van der Waals surface area contributed by atoms with Gasteiger partial charge >= 0.3 is 0 Å². The van der Waals surface area contributed by atoms with Crippen molar-refractivity contribution in [2.75, 3.05) is 23.4 Å². The van der Waals surface area contributed by atoms with Crippen LogP contribution in [0.3, 0.4) is 0 Å². The van der Waals surface area contributed by atoms with Crippen LogP contribution in [0.15, 0.2) is 36.8 Å². The highest BCUT2D eigenvalue weighted by atomic mass is 16.3. The quantitative estimate of drug-likeness (QED) is 0.693. The van der Waals surface area contributed by atoms with Crippen LogP contribution in [0, 0.1) is 0 Å². The van der Waals surface area contributed by atoms with Gasteiger partial charge in [-0.25, -0.2) is 4.98 Å². The first kappa shape index (κ1) is 18.1. The van der Waals surface area contributed by atoms with E-state index in [0.29, 0.717) is 17.3 Å². The molecule has 0 spiro atoms. The predicted molar refractivity (Wildman–Crippen MR) is 109 cm³/mol. The molecule has 8 heteroatoms. The minimum Gasteiger partial charge on any atom is -0.394 e. The summed E-state index contributed by atoms with van der Waals surface area (Å²) >= 11 is 0. The number of piperidine rings is 1. The van der Waals surface area contributed by atoms with Crippen LogP contribution < -0.4 is 10.2 Å². The molecule has 0 radical (unpaired) electrons. The van der Waals surface area contributed by atoms with Crippen molar-refractivity contribution >= 4 is 23.2 Å². The molecule has 0 aromatic carbocycles. The Balaban J connectivity index is 1.57. The average Bonchev–Trinajstić information content (AvgIpc) is 3.53. The molecule has 3 aromatic heterocycles. The lowest BCUT2D eigenvalue weighted by molar-refractivity contribution is 0.102. The normalized spacial score (nSPS) is 19.5. The van der Waals surface area contributed by atoms with Crippen molar-refractivity contribution in [2.24, 2.45) is 0 Å². The zero-order valence-electron chi connectivity index (χ0n) is 16.2. The molecule has 2 N–H and O–H groups in total. The second-order valence-electron chi connectivity index (χ2n) is 7.83. The Hall–Kier alpha value is -3.00. The standard InChI is InChI=1S/C21H24N6O2/c28-13-16-5-1-2-9-26(16)18-10-19(25-21(29)15-4-3-8-22-11-15)27-20(24-18)17(12-23-27)14-6-7-14/h3-4,8,10-12,14,16,28H,1-2,5-7,9,13H2,(H,25,29). The Morgan fingerprint density at radius 1 is 1.24 bits per heavy atom. The van der Waals surface area contributed by atoms with Crippen molar-refractivity contribution in [1.82, 2.24) is 19.6 Å². The number of fused-ring (bicyclic) bond motifs is 1. The van der Waals surface area contributed by atoms with E-state index in [4.69, 9.17) is 4.98 Å². The molecule has 1 aliphatic heterocycles. The van der Waals surface area contributed by atoms with E-state index in [1.165, 1.54) is 0 Å². The molecule has 1 saturated heterocycles. The summed E-state index contributed by atoms with van der Waals surface area (Å²) in [6, 6.07) is 5.38. The van der Waals surface area contributed by atoms with Crippen molar-refractivity contribution in [3.8, 4) is 0 Å². The van der Waals surface area contributed by atoms with Crippen LogP contribution in [0.1, 0.15) is 53.9 Å². The number of anilines is 2. The number of carbonyl (C=O) groups excluding carboxylic acids is 1. The SMILES string of the molecule is O=C(Nc1cc(N2CCCCC2CO)nc2c(C3CC3)cnn12)c1cccnc1. The summed E-state index contributed by atoms with van der Waals surface area (Å²) in [4.78, 5) is 23.8. The van der Waals surface area contributed by atoms with Crippen molar-refractivity contribution in [1.29, 1.82) is 0 Å². The number of pyridine rings is 1. The lowest BCUT2D eigenvalue weighted by Crippen LogP contribution is -2.42. The number of carbonyl (C=O) groups is 1. The van der Waals surface area contributed by atoms with Crippen LogP contribution in [0.2, 0.25) is 0 Å². The predicted octanol–water partition coefficient (Wildman–Crippen LogP) is 2.61. The van der Waals surface area contributed by atoms with Gasteiger partial charge in [0.1, 0.15) is 11.6 Å². The first-order valence-electron chi connectivity index (χ1n) is 10.2. The minimum atomic E-state index is -0.239. The van der Waals surface area contributed by atoms with Crippen LogP contribution in [0.25, 0.3) is 5.65 Å². The van der Waals surface area contributed by atoms with E-state index in [2.05, 4.69) is 20.3 Å². The number of hydrogen-bond donors (Lipinski definition) is 2. The number of aromatic nitrogens is 4. The van der Waals surface area contributed by atoms with E-state index in [9.17, 15) is 9.90 Å². The van der Waals surface area contributed by atoms with Crippen LogP contribution >= 0.6 is 0 Å². The molecule has 29 heavy (non-hydrogen) atoms. The van der Waals surface area contributed by atoms with Gasteiger partial charge in [-0.05, 0) is 50.2 Å². The first-order valence-corrected chi connectivity index (χ1v) is 10.2. The third-order valence-corrected chi connectivity index (χ3v) is 5.80. The molecule has 2 fully saturated rings. The highest BCUT2D eigenvalue weighted by molar-refractivity contribution is 6.03. The summed E-state index contributed by atoms with van der Waals surface area (Å²) in [6.45, 7) is 0.941. The number of nitrogens with one attached hydrogen (secondary N) is 1. The molecule has 1 saturated carbocycles. The number of amides is 1. The molecule has 8 nitrogen and oxygen atoms in total. The van der Waals surface area contributed by atoms with Crippen LogP contribution in [-0.4, -0.2) is 49.8 Å². The van der Waals surface area contributed by atoms with Gasteiger partial charge in [0.25, 0.3) is 5.91 Å². The Morgan fingerprint density at radius 2 is 2.14 bits per heavy atom. The summed E-state index contributed by atoms with van der Waals surface area (Å²) in [5, 5.41) is 17.3. The van der Waals surface area contributed by atoms with Gasteiger partial charge in [0.2, 0.25) is 0 Å². The molecule has 2 aliphatic rings. The molecular weight excluding hydrogens is 368 g/mol. The van der Waals surface area contributed by atoms with Gasteiger partial charge in [0.05, 0.1) is 24.4 Å². The molecule has 3 aromatic rings. The summed E-state index contributed by atoms with van der Waals surface area (Å²) in [7, 11) is 0. The molecule has 5 rings (SSSR count). The van der Waals surface area contributed by atoms with Gasteiger partial charge < -0.3 is 15.3 Å². The van der Waals surface area contributed by atoms with Crippen molar-refractivity contribution in [2.45, 2.75) is 44.1 Å². The second kappa shape index (κ2) is 7.44. The number of aliphatic hydroxyl groups excluding tert-OH is 1. The van der Waals surface area contributed by atoms with Gasteiger partial charge in [-0.1, -0.05) is 0 Å². The molecule has 4 heterocycles. The highest BCUT2D eigenvalue weighted by Gasteiger charge is 2.30. The summed E-state index contributed by atoms with van der Waals surface area (Å²) < 4.78 is 1.71. The Morgan fingerprint density at radius 3 is 2.90 bits per heavy atom. The Bertz CT molecular complexity index is 1030. The fraction of sp³-hybridized carbons (Fsp3) is 0.429. The van der Waals surface area contributed by atoms with E-state index in [0.717, 1.165) is 55.7 Å². The molecular formula is C21H24N6O2. The van der Waals surface area contributed by atoms with Gasteiger partial charge in [-0.3, -0.25) is 9.78 Å². The average molecular weight is 392 g/mol. The minimum absolute atomic E-state index is 0.0490. The monoisotopic (exact) mass is 392 g/mol. The molecule has 0 bridgehead atoms. The lowest BCUT2D eigenvalue weighted by atomic mass is 10.0. The second-order valence-corrected chi connectivity index (χ2v) is 7.83. The fourth-order valence-corrected chi connectivity index (χ4v) is 4.06. The maximum absolute atomic E-state index is 12.8. The third kappa shape index (κ3) is 3.44. The molecule has 1 unspecified atom stereocenters. The number of nitrogens with zero attached hydrogens (tertiary/aromatic N) is 5. The number of rotatable bonds is 5. The van der Waals surface area contributed by atoms with E-state index in [1.807, 2.05) is 12.3 Å². The van der Waals surface area contributed by atoms with E-state index < -0.39 is 0 Å². The van der Waals surface area contributed by atoms with Gasteiger partial charge in [0.15, 0.2) is 5.65 Å². The number of aliphatic hydroxyl groups is 1. The van der Waals surface area contributed by atoms with Crippen LogP contribution in [0.4, 0.5) is 11.6 Å². The zero-order chi connectivity index (χ0) is 19.8. The van der Waals surface area contributed by atoms with Crippen molar-refractivity contribution < 1.29 is 9.90 Å². The summed E-state index contributed by atoms with van der Waals surface area (Å²) in [5.74, 6) is 1.61. The zero-order valence-corrected chi connectivity index (χ0v) is 16.2. The van der Waals surface area contributed by atoms with Crippen LogP contribution in [0.5, 0.6) is 0 Å². The van der Waals surface area contributed by atoms with Gasteiger partial charge in [-0.15, -0.1) is 0 Å². The Kier molecular flexibility index (Phi) is 4.63. The highest BCUT2D eigenvalue weighted by Crippen LogP contribution is 2.42. The largest absolute Gasteiger partial charge is 0.394 e. The maximum Gasteiger partial charge on any atom is 0.258 e. The van der Waals surface area contributed by atoms with E-state index in [1.54, 1.807) is 29.0 Å². The topological polar surface area (TPSA) is 95.7 Å². The molecule has 1 aliphatic carbocycles. The molecule has 1 atom stereocenters. The smallest absolute Gasteiger partial charge is 0.258 e. The van der Waals surface area contributed by atoms with Crippen molar-refractivity contribution in [3.05, 3.63) is 47.9 Å². The van der Waals surface area contributed by atoms with Gasteiger partial charge in [-0.2, -0.15) is 9.61 Å². The van der Waals surface area contributed by atoms with Crippen LogP contribution in [-0.2, 0) is 0 Å². The van der Waals surface area contributed by atoms with Gasteiger partial charge in [0, 0.05) is 30.6 Å². The maximum atomic E-state index is 12.8. The van der Waals surface area contributed by atoms with Crippen molar-refractivity contribution in [3.63, 3.8) is 0 Å². The van der Waals surface area contributed by atoms with E-state index in [-0.39, 0.29) is 18.6 Å².